The third kappa shape index (κ3) is 4.77. The van der Waals surface area contributed by atoms with Gasteiger partial charge in [0.25, 0.3) is 0 Å². The molecule has 0 spiro atoms. The summed E-state index contributed by atoms with van der Waals surface area (Å²) in [6.07, 6.45) is 9.89. The van der Waals surface area contributed by atoms with Crippen LogP contribution in [0.15, 0.2) is 18.5 Å². The maximum absolute atomic E-state index is 10.6. The summed E-state index contributed by atoms with van der Waals surface area (Å²) >= 11 is 0. The highest BCUT2D eigenvalue weighted by atomic mass is 16.1. The number of amides is 1. The number of hydrogen-bond acceptors (Lipinski definition) is 2. The first kappa shape index (κ1) is 12.5. The Labute approximate surface area is 96.3 Å². The minimum Gasteiger partial charge on any atom is -0.356 e. The van der Waals surface area contributed by atoms with Crippen molar-refractivity contribution in [3.63, 3.8) is 0 Å². The molecule has 1 rings (SSSR count). The summed E-state index contributed by atoms with van der Waals surface area (Å²) in [6.45, 7) is 5.30. The molecule has 0 aliphatic rings. The standard InChI is InChI=1S/C12H19N3O/c1-3-8-15-10-12(9-14-15)6-4-5-7-13-11(2)16/h4,6,9-10H,3,5,7-8H2,1-2H3,(H,13,16). The predicted octanol–water partition coefficient (Wildman–Crippen LogP) is 1.83. The van der Waals surface area contributed by atoms with Crippen LogP contribution in [0.1, 0.15) is 32.3 Å². The molecule has 0 aromatic carbocycles. The van der Waals surface area contributed by atoms with E-state index in [-0.39, 0.29) is 5.91 Å². The lowest BCUT2D eigenvalue weighted by atomic mass is 10.3. The van der Waals surface area contributed by atoms with E-state index in [1.54, 1.807) is 0 Å². The van der Waals surface area contributed by atoms with Crippen molar-refractivity contribution < 1.29 is 4.79 Å². The van der Waals surface area contributed by atoms with Crippen molar-refractivity contribution in [1.82, 2.24) is 15.1 Å². The van der Waals surface area contributed by atoms with Gasteiger partial charge in [0.2, 0.25) is 5.91 Å². The summed E-state index contributed by atoms with van der Waals surface area (Å²) in [5.41, 5.74) is 1.11. The SMILES string of the molecule is CCCn1cc(C=CCCNC(C)=O)cn1. The van der Waals surface area contributed by atoms with Crippen molar-refractivity contribution in [3.8, 4) is 0 Å². The highest BCUT2D eigenvalue weighted by Crippen LogP contribution is 2.01. The van der Waals surface area contributed by atoms with Crippen LogP contribution < -0.4 is 5.32 Å². The number of carbonyl (C=O) groups excluding carboxylic acids is 1. The molecule has 0 fully saturated rings. The Kier molecular flexibility index (Phi) is 5.32. The van der Waals surface area contributed by atoms with Crippen LogP contribution in [0.4, 0.5) is 0 Å². The molecule has 4 heteroatoms. The number of nitrogens with zero attached hydrogens (tertiary/aromatic N) is 2. The lowest BCUT2D eigenvalue weighted by Gasteiger charge is -1.96. The number of carbonyl (C=O) groups is 1. The van der Waals surface area contributed by atoms with Gasteiger partial charge in [0.05, 0.1) is 6.20 Å². The number of rotatable bonds is 6. The minimum atomic E-state index is 0.0177. The molecule has 1 heterocycles. The smallest absolute Gasteiger partial charge is 0.216 e. The number of hydrogen-bond donors (Lipinski definition) is 1. The van der Waals surface area contributed by atoms with E-state index in [9.17, 15) is 4.79 Å². The van der Waals surface area contributed by atoms with Crippen LogP contribution in [0, 0.1) is 0 Å². The zero-order chi connectivity index (χ0) is 11.8. The van der Waals surface area contributed by atoms with Crippen LogP contribution in [0.2, 0.25) is 0 Å². The Morgan fingerprint density at radius 3 is 3.12 bits per heavy atom. The molecule has 1 aromatic rings. The van der Waals surface area contributed by atoms with E-state index in [4.69, 9.17) is 0 Å². The largest absolute Gasteiger partial charge is 0.356 e. The van der Waals surface area contributed by atoms with Gasteiger partial charge in [-0.25, -0.2) is 0 Å². The maximum Gasteiger partial charge on any atom is 0.216 e. The van der Waals surface area contributed by atoms with Gasteiger partial charge in [-0.15, -0.1) is 0 Å². The Hall–Kier alpha value is -1.58. The second-order valence-corrected chi connectivity index (χ2v) is 3.71. The van der Waals surface area contributed by atoms with E-state index in [0.29, 0.717) is 6.54 Å². The molecule has 0 radical (unpaired) electrons. The first-order valence-electron chi connectivity index (χ1n) is 5.66. The number of aromatic nitrogens is 2. The predicted molar refractivity (Wildman–Crippen MR) is 64.9 cm³/mol. The first-order chi connectivity index (χ1) is 7.72. The Morgan fingerprint density at radius 2 is 2.44 bits per heavy atom. The fourth-order valence-corrected chi connectivity index (χ4v) is 1.37. The molecule has 0 aliphatic heterocycles. The van der Waals surface area contributed by atoms with Crippen molar-refractivity contribution in [2.24, 2.45) is 0 Å². The van der Waals surface area contributed by atoms with Crippen LogP contribution >= 0.6 is 0 Å². The zero-order valence-corrected chi connectivity index (χ0v) is 9.94. The van der Waals surface area contributed by atoms with Crippen LogP contribution in [0.3, 0.4) is 0 Å². The van der Waals surface area contributed by atoms with Crippen LogP contribution in [0.25, 0.3) is 6.08 Å². The molecule has 0 atom stereocenters. The van der Waals surface area contributed by atoms with Gasteiger partial charge in [-0.3, -0.25) is 9.48 Å². The average molecular weight is 221 g/mol. The fourth-order valence-electron chi connectivity index (χ4n) is 1.37. The molecular weight excluding hydrogens is 202 g/mol. The average Bonchev–Trinajstić information content (AvgIpc) is 2.65. The van der Waals surface area contributed by atoms with Gasteiger partial charge in [0.15, 0.2) is 0 Å². The maximum atomic E-state index is 10.6. The number of aryl methyl sites for hydroxylation is 1. The quantitative estimate of drug-likeness (QED) is 0.745. The van der Waals surface area contributed by atoms with Gasteiger partial charge in [-0.2, -0.15) is 5.10 Å². The molecular formula is C12H19N3O. The van der Waals surface area contributed by atoms with Crippen molar-refractivity contribution in [1.29, 1.82) is 0 Å². The van der Waals surface area contributed by atoms with Crippen molar-refractivity contribution in [2.75, 3.05) is 6.54 Å². The van der Waals surface area contributed by atoms with Gasteiger partial charge < -0.3 is 5.32 Å². The van der Waals surface area contributed by atoms with E-state index < -0.39 is 0 Å². The summed E-state index contributed by atoms with van der Waals surface area (Å²) < 4.78 is 1.94. The van der Waals surface area contributed by atoms with Gasteiger partial charge in [-0.05, 0) is 12.8 Å². The van der Waals surface area contributed by atoms with Crippen molar-refractivity contribution >= 4 is 12.0 Å². The summed E-state index contributed by atoms with van der Waals surface area (Å²) in [5.74, 6) is 0.0177. The third-order valence-corrected chi connectivity index (χ3v) is 2.10. The molecule has 1 aromatic heterocycles. The van der Waals surface area contributed by atoms with Crippen LogP contribution in [0.5, 0.6) is 0 Å². The van der Waals surface area contributed by atoms with Gasteiger partial charge in [0.1, 0.15) is 0 Å². The molecule has 0 aliphatic carbocycles. The Balaban J connectivity index is 2.29. The second-order valence-electron chi connectivity index (χ2n) is 3.71. The summed E-state index contributed by atoms with van der Waals surface area (Å²) in [7, 11) is 0. The van der Waals surface area contributed by atoms with Crippen molar-refractivity contribution in [3.05, 3.63) is 24.0 Å². The highest BCUT2D eigenvalue weighted by Gasteiger charge is 1.93. The third-order valence-electron chi connectivity index (χ3n) is 2.10. The Bertz CT molecular complexity index is 355. The molecule has 88 valence electrons. The Morgan fingerprint density at radius 1 is 1.62 bits per heavy atom. The molecule has 0 saturated carbocycles. The van der Waals surface area contributed by atoms with Crippen LogP contribution in [-0.2, 0) is 11.3 Å². The minimum absolute atomic E-state index is 0.0177. The monoisotopic (exact) mass is 221 g/mol. The zero-order valence-electron chi connectivity index (χ0n) is 9.94. The normalized spacial score (nSPS) is 10.9. The molecule has 1 N–H and O–H groups in total. The van der Waals surface area contributed by atoms with E-state index >= 15 is 0 Å². The summed E-state index contributed by atoms with van der Waals surface area (Å²) in [5, 5.41) is 6.98. The van der Waals surface area contributed by atoms with E-state index in [1.165, 1.54) is 6.92 Å². The van der Waals surface area contributed by atoms with Gasteiger partial charge in [-0.1, -0.05) is 19.1 Å². The van der Waals surface area contributed by atoms with Gasteiger partial charge >= 0.3 is 0 Å². The first-order valence-corrected chi connectivity index (χ1v) is 5.66. The fraction of sp³-hybridized carbons (Fsp3) is 0.500. The molecule has 1 amide bonds. The van der Waals surface area contributed by atoms with Crippen LogP contribution in [-0.4, -0.2) is 22.2 Å². The van der Waals surface area contributed by atoms with E-state index in [2.05, 4.69) is 17.3 Å². The molecule has 0 unspecified atom stereocenters. The van der Waals surface area contributed by atoms with E-state index in [0.717, 1.165) is 24.9 Å². The summed E-state index contributed by atoms with van der Waals surface area (Å²) in [4.78, 5) is 10.6. The lowest BCUT2D eigenvalue weighted by molar-refractivity contribution is -0.118. The molecule has 16 heavy (non-hydrogen) atoms. The highest BCUT2D eigenvalue weighted by molar-refractivity contribution is 5.72. The number of nitrogens with one attached hydrogen (secondary N) is 1. The summed E-state index contributed by atoms with van der Waals surface area (Å²) in [6, 6.07) is 0. The second kappa shape index (κ2) is 6.82. The van der Waals surface area contributed by atoms with E-state index in [1.807, 2.05) is 29.2 Å². The van der Waals surface area contributed by atoms with Crippen molar-refractivity contribution in [2.45, 2.75) is 33.2 Å². The lowest BCUT2D eigenvalue weighted by Crippen LogP contribution is -2.20. The molecule has 0 saturated heterocycles. The van der Waals surface area contributed by atoms with Gasteiger partial charge in [0, 0.05) is 31.8 Å². The molecule has 0 bridgehead atoms. The topological polar surface area (TPSA) is 46.9 Å². The molecule has 4 nitrogen and oxygen atoms in total.